The number of hydrogen-bond acceptors (Lipinski definition) is 4. The van der Waals surface area contributed by atoms with E-state index in [4.69, 9.17) is 9.47 Å². The van der Waals surface area contributed by atoms with Crippen LogP contribution in [0.1, 0.15) is 17.5 Å². The number of ether oxygens (including phenoxy) is 2. The molecular weight excluding hydrogens is 316 g/mol. The Balaban J connectivity index is 1.58. The number of carbonyl (C=O) groups excluding carboxylic acids is 1. The standard InChI is InChI=1S/C20H24N2O3/c1-24-19-11-16(12-22-20(23)17-9-10-21-13-17)7-8-18(19)25-14-15-5-3-2-4-6-15/h2-8,11,17,21H,9-10,12-14H2,1H3,(H,22,23)/t17-/m0/s1. The van der Waals surface area contributed by atoms with E-state index >= 15 is 0 Å². The summed E-state index contributed by atoms with van der Waals surface area (Å²) in [5.41, 5.74) is 2.09. The van der Waals surface area contributed by atoms with Crippen molar-refractivity contribution >= 4 is 5.91 Å². The van der Waals surface area contributed by atoms with Crippen LogP contribution in [0.15, 0.2) is 48.5 Å². The van der Waals surface area contributed by atoms with E-state index in [1.54, 1.807) is 7.11 Å². The highest BCUT2D eigenvalue weighted by atomic mass is 16.5. The van der Waals surface area contributed by atoms with Crippen molar-refractivity contribution in [1.29, 1.82) is 0 Å². The van der Waals surface area contributed by atoms with Crippen LogP contribution in [0.2, 0.25) is 0 Å². The number of nitrogens with one attached hydrogen (secondary N) is 2. The first-order chi connectivity index (χ1) is 12.3. The number of benzene rings is 2. The summed E-state index contributed by atoms with van der Waals surface area (Å²) in [5, 5.41) is 6.20. The van der Waals surface area contributed by atoms with Gasteiger partial charge in [-0.15, -0.1) is 0 Å². The molecular formula is C20H24N2O3. The zero-order valence-electron chi connectivity index (χ0n) is 14.5. The fourth-order valence-corrected chi connectivity index (χ4v) is 2.89. The summed E-state index contributed by atoms with van der Waals surface area (Å²) in [5.74, 6) is 1.55. The van der Waals surface area contributed by atoms with Gasteiger partial charge in [0.2, 0.25) is 5.91 Å². The van der Waals surface area contributed by atoms with Gasteiger partial charge < -0.3 is 20.1 Å². The summed E-state index contributed by atoms with van der Waals surface area (Å²) >= 11 is 0. The Morgan fingerprint density at radius 1 is 1.16 bits per heavy atom. The maximum Gasteiger partial charge on any atom is 0.224 e. The summed E-state index contributed by atoms with van der Waals surface area (Å²) in [4.78, 5) is 12.1. The van der Waals surface area contributed by atoms with Gasteiger partial charge in [-0.3, -0.25) is 4.79 Å². The van der Waals surface area contributed by atoms with Gasteiger partial charge in [-0.2, -0.15) is 0 Å². The highest BCUT2D eigenvalue weighted by Crippen LogP contribution is 2.29. The Morgan fingerprint density at radius 2 is 2.00 bits per heavy atom. The molecule has 0 saturated carbocycles. The van der Waals surface area contributed by atoms with Crippen LogP contribution in [-0.4, -0.2) is 26.1 Å². The van der Waals surface area contributed by atoms with Crippen LogP contribution in [-0.2, 0) is 17.9 Å². The van der Waals surface area contributed by atoms with Gasteiger partial charge >= 0.3 is 0 Å². The molecule has 1 saturated heterocycles. The molecule has 1 amide bonds. The highest BCUT2D eigenvalue weighted by Gasteiger charge is 2.21. The van der Waals surface area contributed by atoms with E-state index in [-0.39, 0.29) is 11.8 Å². The van der Waals surface area contributed by atoms with E-state index in [0.717, 1.165) is 30.6 Å². The summed E-state index contributed by atoms with van der Waals surface area (Å²) in [6.07, 6.45) is 0.904. The minimum Gasteiger partial charge on any atom is -0.493 e. The first-order valence-electron chi connectivity index (χ1n) is 8.58. The molecule has 0 aliphatic carbocycles. The van der Waals surface area contributed by atoms with Crippen LogP contribution in [0.25, 0.3) is 0 Å². The van der Waals surface area contributed by atoms with E-state index in [2.05, 4.69) is 10.6 Å². The lowest BCUT2D eigenvalue weighted by molar-refractivity contribution is -0.124. The molecule has 3 rings (SSSR count). The molecule has 5 heteroatoms. The number of amides is 1. The number of methoxy groups -OCH3 is 1. The predicted octanol–water partition coefficient (Wildman–Crippen LogP) is 2.50. The first kappa shape index (κ1) is 17.3. The van der Waals surface area contributed by atoms with Crippen LogP contribution in [0.3, 0.4) is 0 Å². The quantitative estimate of drug-likeness (QED) is 0.813. The first-order valence-corrected chi connectivity index (χ1v) is 8.58. The summed E-state index contributed by atoms with van der Waals surface area (Å²) in [6, 6.07) is 15.8. The maximum absolute atomic E-state index is 12.1. The van der Waals surface area contributed by atoms with Crippen LogP contribution in [0, 0.1) is 5.92 Å². The van der Waals surface area contributed by atoms with Crippen molar-refractivity contribution in [2.75, 3.05) is 20.2 Å². The lowest BCUT2D eigenvalue weighted by Crippen LogP contribution is -2.31. The third-order valence-electron chi connectivity index (χ3n) is 4.36. The fourth-order valence-electron chi connectivity index (χ4n) is 2.89. The van der Waals surface area contributed by atoms with Crippen LogP contribution >= 0.6 is 0 Å². The van der Waals surface area contributed by atoms with Gasteiger partial charge in [0.1, 0.15) is 6.61 Å². The molecule has 1 aliphatic rings. The minimum atomic E-state index is 0.0791. The van der Waals surface area contributed by atoms with Gasteiger partial charge in [0.25, 0.3) is 0 Å². The Hall–Kier alpha value is -2.53. The van der Waals surface area contributed by atoms with E-state index in [0.29, 0.717) is 24.7 Å². The second-order valence-electron chi connectivity index (χ2n) is 6.17. The van der Waals surface area contributed by atoms with Gasteiger partial charge in [-0.1, -0.05) is 36.4 Å². The van der Waals surface area contributed by atoms with Gasteiger partial charge in [-0.25, -0.2) is 0 Å². The molecule has 0 bridgehead atoms. The number of hydrogen-bond donors (Lipinski definition) is 2. The molecule has 132 valence electrons. The van der Waals surface area contributed by atoms with Crippen LogP contribution in [0.4, 0.5) is 0 Å². The normalized spacial score (nSPS) is 16.4. The smallest absolute Gasteiger partial charge is 0.224 e. The monoisotopic (exact) mass is 340 g/mol. The molecule has 1 fully saturated rings. The zero-order valence-corrected chi connectivity index (χ0v) is 14.5. The van der Waals surface area contributed by atoms with E-state index in [1.165, 1.54) is 0 Å². The van der Waals surface area contributed by atoms with Gasteiger partial charge in [0.15, 0.2) is 11.5 Å². The molecule has 1 aliphatic heterocycles. The molecule has 0 unspecified atom stereocenters. The SMILES string of the molecule is COc1cc(CNC(=O)[C@H]2CCNC2)ccc1OCc1ccccc1. The Morgan fingerprint density at radius 3 is 2.72 bits per heavy atom. The molecule has 2 N–H and O–H groups in total. The molecule has 1 heterocycles. The summed E-state index contributed by atoms with van der Waals surface area (Å²) in [6.45, 7) is 2.66. The maximum atomic E-state index is 12.1. The van der Waals surface area contributed by atoms with Crippen LogP contribution in [0.5, 0.6) is 11.5 Å². The van der Waals surface area contributed by atoms with Gasteiger partial charge in [0, 0.05) is 13.1 Å². The third kappa shape index (κ3) is 4.73. The van der Waals surface area contributed by atoms with Gasteiger partial charge in [-0.05, 0) is 36.2 Å². The number of carbonyl (C=O) groups is 1. The van der Waals surface area contributed by atoms with Crippen molar-refractivity contribution in [3.63, 3.8) is 0 Å². The Labute approximate surface area is 148 Å². The Bertz CT molecular complexity index is 697. The van der Waals surface area contributed by atoms with E-state index in [9.17, 15) is 4.79 Å². The average Bonchev–Trinajstić information content (AvgIpc) is 3.20. The van der Waals surface area contributed by atoms with Crippen molar-refractivity contribution in [1.82, 2.24) is 10.6 Å². The molecule has 0 spiro atoms. The fraction of sp³-hybridized carbons (Fsp3) is 0.350. The molecule has 25 heavy (non-hydrogen) atoms. The zero-order chi connectivity index (χ0) is 17.5. The lowest BCUT2D eigenvalue weighted by atomic mass is 10.1. The summed E-state index contributed by atoms with van der Waals surface area (Å²) in [7, 11) is 1.62. The second-order valence-corrected chi connectivity index (χ2v) is 6.17. The van der Waals surface area contributed by atoms with E-state index < -0.39 is 0 Å². The number of rotatable bonds is 7. The molecule has 2 aromatic rings. The Kier molecular flexibility index (Phi) is 5.90. The average molecular weight is 340 g/mol. The van der Waals surface area contributed by atoms with Crippen molar-refractivity contribution in [2.45, 2.75) is 19.6 Å². The van der Waals surface area contributed by atoms with Crippen molar-refractivity contribution < 1.29 is 14.3 Å². The molecule has 0 aromatic heterocycles. The molecule has 5 nitrogen and oxygen atoms in total. The second kappa shape index (κ2) is 8.53. The largest absolute Gasteiger partial charge is 0.493 e. The minimum absolute atomic E-state index is 0.0791. The van der Waals surface area contributed by atoms with Crippen LogP contribution < -0.4 is 20.1 Å². The molecule has 1 atom stereocenters. The predicted molar refractivity (Wildman–Crippen MR) is 96.6 cm³/mol. The van der Waals surface area contributed by atoms with Gasteiger partial charge in [0.05, 0.1) is 13.0 Å². The summed E-state index contributed by atoms with van der Waals surface area (Å²) < 4.78 is 11.3. The van der Waals surface area contributed by atoms with Crippen molar-refractivity contribution in [2.24, 2.45) is 5.92 Å². The molecule has 0 radical (unpaired) electrons. The van der Waals surface area contributed by atoms with Crippen molar-refractivity contribution in [3.8, 4) is 11.5 Å². The topological polar surface area (TPSA) is 59.6 Å². The van der Waals surface area contributed by atoms with E-state index in [1.807, 2.05) is 48.5 Å². The highest BCUT2D eigenvalue weighted by molar-refractivity contribution is 5.79. The third-order valence-corrected chi connectivity index (χ3v) is 4.36. The molecule has 2 aromatic carbocycles. The van der Waals surface area contributed by atoms with Crippen molar-refractivity contribution in [3.05, 3.63) is 59.7 Å². The lowest BCUT2D eigenvalue weighted by Gasteiger charge is -2.14.